The lowest BCUT2D eigenvalue weighted by Crippen LogP contribution is -2.14. The Morgan fingerprint density at radius 2 is 2.14 bits per heavy atom. The van der Waals surface area contributed by atoms with Gasteiger partial charge in [-0.25, -0.2) is 4.79 Å². The minimum absolute atomic E-state index is 0.0955. The van der Waals surface area contributed by atoms with E-state index < -0.39 is 11.8 Å². The van der Waals surface area contributed by atoms with Gasteiger partial charge in [-0.05, 0) is 25.5 Å². The number of hydrogen-bond acceptors (Lipinski definition) is 4. The lowest BCUT2D eigenvalue weighted by molar-refractivity contribution is -0.147. The van der Waals surface area contributed by atoms with Gasteiger partial charge in [0, 0.05) is 0 Å². The van der Waals surface area contributed by atoms with E-state index in [4.69, 9.17) is 9.52 Å². The lowest BCUT2D eigenvalue weighted by atomic mass is 10.3. The molecule has 0 saturated heterocycles. The summed E-state index contributed by atoms with van der Waals surface area (Å²) in [5.41, 5.74) is 0.996. The normalized spacial score (nSPS) is 10.1. The van der Waals surface area contributed by atoms with E-state index in [0.29, 0.717) is 5.09 Å². The molecule has 0 saturated carbocycles. The number of carbonyl (C=O) groups excluding carboxylic acids is 1. The molecule has 1 N–H and O–H groups in total. The zero-order valence-electron chi connectivity index (χ0n) is 7.86. The Morgan fingerprint density at radius 3 is 2.57 bits per heavy atom. The largest absolute Gasteiger partial charge is 0.475 e. The van der Waals surface area contributed by atoms with Crippen molar-refractivity contribution in [1.82, 2.24) is 0 Å². The Morgan fingerprint density at radius 1 is 1.50 bits per heavy atom. The molecule has 0 radical (unpaired) electrons. The molecule has 0 aromatic carbocycles. The third-order valence-corrected chi connectivity index (χ3v) is 2.62. The average Bonchev–Trinajstić information content (AvgIpc) is 2.42. The van der Waals surface area contributed by atoms with Crippen molar-refractivity contribution in [2.45, 2.75) is 18.9 Å². The predicted octanol–water partition coefficient (Wildman–Crippen LogP) is 1.64. The van der Waals surface area contributed by atoms with Gasteiger partial charge in [-0.1, -0.05) is 11.8 Å². The summed E-state index contributed by atoms with van der Waals surface area (Å²) in [6.45, 7) is 3.71. The summed E-state index contributed by atoms with van der Waals surface area (Å²) < 4.78 is 5.26. The van der Waals surface area contributed by atoms with Crippen molar-refractivity contribution in [3.63, 3.8) is 0 Å². The molecule has 0 aliphatic rings. The van der Waals surface area contributed by atoms with Gasteiger partial charge in [0.05, 0.1) is 5.75 Å². The van der Waals surface area contributed by atoms with Gasteiger partial charge >= 0.3 is 5.97 Å². The standard InChI is InChI=1S/C9H10O4S/c1-5-3-8(13-6(5)2)14-4-7(10)9(11)12/h3H,4H2,1-2H3,(H,11,12). The van der Waals surface area contributed by atoms with E-state index >= 15 is 0 Å². The van der Waals surface area contributed by atoms with E-state index in [1.54, 1.807) is 6.07 Å². The number of hydrogen-bond donors (Lipinski definition) is 1. The number of Topliss-reactive ketones (excluding diaryl/α,β-unsaturated/α-hetero) is 1. The van der Waals surface area contributed by atoms with Crippen molar-refractivity contribution in [2.24, 2.45) is 0 Å². The van der Waals surface area contributed by atoms with Crippen LogP contribution in [0.3, 0.4) is 0 Å². The highest BCUT2D eigenvalue weighted by molar-refractivity contribution is 7.99. The van der Waals surface area contributed by atoms with Crippen LogP contribution in [0.2, 0.25) is 0 Å². The van der Waals surface area contributed by atoms with E-state index in [1.165, 1.54) is 0 Å². The predicted molar refractivity (Wildman–Crippen MR) is 51.5 cm³/mol. The number of ketones is 1. The van der Waals surface area contributed by atoms with Crippen LogP contribution in [0, 0.1) is 13.8 Å². The molecular weight excluding hydrogens is 204 g/mol. The van der Waals surface area contributed by atoms with Gasteiger partial charge in [-0.3, -0.25) is 4.79 Å². The third-order valence-electron chi connectivity index (χ3n) is 1.73. The monoisotopic (exact) mass is 214 g/mol. The highest BCUT2D eigenvalue weighted by Crippen LogP contribution is 2.23. The molecule has 0 unspecified atom stereocenters. The summed E-state index contributed by atoms with van der Waals surface area (Å²) in [4.78, 5) is 20.9. The Labute approximate surface area is 85.3 Å². The van der Waals surface area contributed by atoms with E-state index in [2.05, 4.69) is 0 Å². The summed E-state index contributed by atoms with van der Waals surface area (Å²) in [5, 5.41) is 8.90. The highest BCUT2D eigenvalue weighted by Gasteiger charge is 2.13. The zero-order chi connectivity index (χ0) is 10.7. The molecule has 5 heteroatoms. The maximum Gasteiger partial charge on any atom is 0.373 e. The van der Waals surface area contributed by atoms with Crippen LogP contribution in [0.5, 0.6) is 0 Å². The van der Waals surface area contributed by atoms with Crippen LogP contribution in [-0.2, 0) is 9.59 Å². The summed E-state index contributed by atoms with van der Waals surface area (Å²) in [5.74, 6) is -1.53. The second kappa shape index (κ2) is 4.32. The minimum Gasteiger partial charge on any atom is -0.475 e. The molecule has 0 aliphatic heterocycles. The van der Waals surface area contributed by atoms with E-state index in [-0.39, 0.29) is 5.75 Å². The number of aliphatic carboxylic acids is 1. The first-order chi connectivity index (χ1) is 6.50. The van der Waals surface area contributed by atoms with Crippen molar-refractivity contribution >= 4 is 23.5 Å². The summed E-state index contributed by atoms with van der Waals surface area (Å²) >= 11 is 1.09. The smallest absolute Gasteiger partial charge is 0.373 e. The molecule has 0 fully saturated rings. The molecule has 76 valence electrons. The first kappa shape index (κ1) is 10.8. The molecular formula is C9H10O4S. The zero-order valence-corrected chi connectivity index (χ0v) is 8.68. The van der Waals surface area contributed by atoms with Crippen molar-refractivity contribution in [1.29, 1.82) is 0 Å². The van der Waals surface area contributed by atoms with E-state index in [9.17, 15) is 9.59 Å². The molecule has 1 heterocycles. The number of rotatable bonds is 4. The van der Waals surface area contributed by atoms with Crippen molar-refractivity contribution in [3.05, 3.63) is 17.4 Å². The Bertz CT molecular complexity index is 347. The topological polar surface area (TPSA) is 67.5 Å². The number of aryl methyl sites for hydroxylation is 2. The second-order valence-electron chi connectivity index (χ2n) is 2.82. The molecule has 1 aromatic heterocycles. The van der Waals surface area contributed by atoms with Crippen LogP contribution >= 0.6 is 11.8 Å². The first-order valence-corrected chi connectivity index (χ1v) is 4.95. The van der Waals surface area contributed by atoms with Gasteiger partial charge in [0.15, 0.2) is 5.09 Å². The fourth-order valence-electron chi connectivity index (χ4n) is 0.809. The molecule has 14 heavy (non-hydrogen) atoms. The number of carbonyl (C=O) groups is 2. The lowest BCUT2D eigenvalue weighted by Gasteiger charge is -1.92. The quantitative estimate of drug-likeness (QED) is 0.609. The molecule has 0 atom stereocenters. The van der Waals surface area contributed by atoms with Crippen molar-refractivity contribution < 1.29 is 19.1 Å². The number of carboxylic acid groups (broad SMARTS) is 1. The Hall–Kier alpha value is -1.23. The van der Waals surface area contributed by atoms with E-state index in [0.717, 1.165) is 23.1 Å². The summed E-state index contributed by atoms with van der Waals surface area (Å²) in [6, 6.07) is 1.79. The molecule has 4 nitrogen and oxygen atoms in total. The number of carboxylic acids is 1. The number of furan rings is 1. The van der Waals surface area contributed by atoms with Gasteiger partial charge in [0.2, 0.25) is 5.78 Å². The van der Waals surface area contributed by atoms with Crippen LogP contribution in [0.1, 0.15) is 11.3 Å². The molecule has 0 bridgehead atoms. The average molecular weight is 214 g/mol. The van der Waals surface area contributed by atoms with Crippen molar-refractivity contribution in [2.75, 3.05) is 5.75 Å². The second-order valence-corrected chi connectivity index (χ2v) is 3.80. The maximum atomic E-state index is 10.7. The van der Waals surface area contributed by atoms with Crippen LogP contribution in [0.4, 0.5) is 0 Å². The maximum absolute atomic E-state index is 10.7. The van der Waals surface area contributed by atoms with Gasteiger partial charge in [-0.2, -0.15) is 0 Å². The summed E-state index contributed by atoms with van der Waals surface area (Å²) in [6.07, 6.45) is 0. The number of thioether (sulfide) groups is 1. The fraction of sp³-hybridized carbons (Fsp3) is 0.333. The molecule has 0 aliphatic carbocycles. The van der Waals surface area contributed by atoms with Gasteiger partial charge in [0.1, 0.15) is 5.76 Å². The molecule has 1 aromatic rings. The van der Waals surface area contributed by atoms with Gasteiger partial charge in [0.25, 0.3) is 0 Å². The summed E-state index contributed by atoms with van der Waals surface area (Å²) in [7, 11) is 0. The van der Waals surface area contributed by atoms with Gasteiger partial charge < -0.3 is 9.52 Å². The molecule has 0 spiro atoms. The van der Waals surface area contributed by atoms with Crippen LogP contribution in [-0.4, -0.2) is 22.6 Å². The van der Waals surface area contributed by atoms with Crippen LogP contribution in [0.25, 0.3) is 0 Å². The van der Waals surface area contributed by atoms with Crippen LogP contribution < -0.4 is 0 Å². The highest BCUT2D eigenvalue weighted by atomic mass is 32.2. The molecule has 0 amide bonds. The minimum atomic E-state index is -1.41. The Kier molecular flexibility index (Phi) is 3.35. The van der Waals surface area contributed by atoms with Crippen molar-refractivity contribution in [3.8, 4) is 0 Å². The SMILES string of the molecule is Cc1cc(SCC(=O)C(=O)O)oc1C. The van der Waals surface area contributed by atoms with Gasteiger partial charge in [-0.15, -0.1) is 0 Å². The third kappa shape index (κ3) is 2.63. The fourth-order valence-corrected chi connectivity index (χ4v) is 1.65. The Balaban J connectivity index is 2.54. The van der Waals surface area contributed by atoms with E-state index in [1.807, 2.05) is 13.8 Å². The van der Waals surface area contributed by atoms with Crippen LogP contribution in [0.15, 0.2) is 15.6 Å². The first-order valence-electron chi connectivity index (χ1n) is 3.96. The molecule has 1 rings (SSSR count).